The molecule has 0 heterocycles. The van der Waals surface area contributed by atoms with Crippen LogP contribution in [-0.2, 0) is 19.6 Å². The van der Waals surface area contributed by atoms with Crippen LogP contribution in [0.25, 0.3) is 0 Å². The maximum atomic E-state index is 11.7. The molecule has 0 aromatic carbocycles. The number of sulfonamides is 1. The molecule has 0 aliphatic heterocycles. The molecule has 0 aromatic rings. The van der Waals surface area contributed by atoms with Gasteiger partial charge in [0.1, 0.15) is 0 Å². The van der Waals surface area contributed by atoms with Gasteiger partial charge in [-0.15, -0.1) is 0 Å². The van der Waals surface area contributed by atoms with Crippen molar-refractivity contribution in [1.29, 1.82) is 0 Å². The average Bonchev–Trinajstić information content (AvgIpc) is 2.46. The highest BCUT2D eigenvalue weighted by Crippen LogP contribution is 2.07. The summed E-state index contributed by atoms with van der Waals surface area (Å²) in [7, 11) is -3.11. The molecule has 0 atom stereocenters. The molecule has 0 radical (unpaired) electrons. The Bertz CT molecular complexity index is 368. The van der Waals surface area contributed by atoms with Crippen LogP contribution in [0.5, 0.6) is 0 Å². The monoisotopic (exact) mass is 335 g/mol. The van der Waals surface area contributed by atoms with Crippen molar-refractivity contribution in [2.75, 3.05) is 18.9 Å². The minimum absolute atomic E-state index is 0.141. The zero-order valence-corrected chi connectivity index (χ0v) is 15.1. The fourth-order valence-corrected chi connectivity index (χ4v) is 3.36. The first kappa shape index (κ1) is 21.4. The maximum Gasteiger partial charge on any atom is 0.305 e. The molecule has 0 unspecified atom stereocenters. The van der Waals surface area contributed by atoms with Gasteiger partial charge in [0, 0.05) is 13.0 Å². The van der Waals surface area contributed by atoms with Gasteiger partial charge in [-0.3, -0.25) is 4.79 Å². The molecule has 1 N–H and O–H groups in total. The largest absolute Gasteiger partial charge is 0.466 e. The lowest BCUT2D eigenvalue weighted by Crippen LogP contribution is -2.27. The van der Waals surface area contributed by atoms with E-state index in [1.54, 1.807) is 6.92 Å². The highest BCUT2D eigenvalue weighted by Gasteiger charge is 2.08. The molecule has 0 fully saturated rings. The molecule has 22 heavy (non-hydrogen) atoms. The SMILES string of the molecule is CCCCCCNS(=O)(=O)CCCCCCCC(=O)OCC. The number of carbonyl (C=O) groups excluding carboxylic acids is 1. The number of hydrogen-bond acceptors (Lipinski definition) is 4. The smallest absolute Gasteiger partial charge is 0.305 e. The van der Waals surface area contributed by atoms with Crippen LogP contribution in [0.1, 0.15) is 78.1 Å². The molecule has 0 spiro atoms. The van der Waals surface area contributed by atoms with Gasteiger partial charge in [0.2, 0.25) is 10.0 Å². The molecule has 5 nitrogen and oxygen atoms in total. The van der Waals surface area contributed by atoms with E-state index in [1.165, 1.54) is 0 Å². The summed E-state index contributed by atoms with van der Waals surface area (Å²) in [6, 6.07) is 0. The van der Waals surface area contributed by atoms with Crippen LogP contribution in [0.3, 0.4) is 0 Å². The second-order valence-corrected chi connectivity index (χ2v) is 7.52. The second kappa shape index (κ2) is 14.0. The standard InChI is InChI=1S/C16H33NO4S/c1-3-5-6-11-14-17-22(19,20)15-12-9-7-8-10-13-16(18)21-4-2/h17H,3-15H2,1-2H3. The van der Waals surface area contributed by atoms with Crippen molar-refractivity contribution in [2.24, 2.45) is 0 Å². The third-order valence-corrected chi connectivity index (χ3v) is 4.92. The van der Waals surface area contributed by atoms with Gasteiger partial charge < -0.3 is 4.74 Å². The van der Waals surface area contributed by atoms with Gasteiger partial charge in [-0.25, -0.2) is 13.1 Å². The fourth-order valence-electron chi connectivity index (χ4n) is 2.18. The molecular weight excluding hydrogens is 302 g/mol. The first-order valence-corrected chi connectivity index (χ1v) is 10.3. The maximum absolute atomic E-state index is 11.7. The van der Waals surface area contributed by atoms with Gasteiger partial charge in [-0.1, -0.05) is 45.4 Å². The Morgan fingerprint density at radius 1 is 0.909 bits per heavy atom. The van der Waals surface area contributed by atoms with Gasteiger partial charge in [-0.05, 0) is 26.2 Å². The van der Waals surface area contributed by atoms with Crippen molar-refractivity contribution in [3.05, 3.63) is 0 Å². The van der Waals surface area contributed by atoms with Crippen molar-refractivity contribution in [2.45, 2.75) is 78.1 Å². The Morgan fingerprint density at radius 2 is 1.55 bits per heavy atom. The zero-order valence-electron chi connectivity index (χ0n) is 14.2. The van der Waals surface area contributed by atoms with E-state index in [0.717, 1.165) is 51.4 Å². The van der Waals surface area contributed by atoms with Crippen molar-refractivity contribution < 1.29 is 17.9 Å². The second-order valence-electron chi connectivity index (χ2n) is 5.60. The van der Waals surface area contributed by atoms with E-state index >= 15 is 0 Å². The van der Waals surface area contributed by atoms with Crippen LogP contribution in [0.15, 0.2) is 0 Å². The van der Waals surface area contributed by atoms with E-state index in [0.29, 0.717) is 26.0 Å². The average molecular weight is 336 g/mol. The lowest BCUT2D eigenvalue weighted by Gasteiger charge is -2.06. The summed E-state index contributed by atoms with van der Waals surface area (Å²) in [5, 5.41) is 0. The number of rotatable bonds is 15. The molecule has 0 aromatic heterocycles. The molecule has 0 rings (SSSR count). The van der Waals surface area contributed by atoms with Crippen LogP contribution in [-0.4, -0.2) is 33.3 Å². The molecule has 0 aliphatic carbocycles. The van der Waals surface area contributed by atoms with Crippen molar-refractivity contribution in [3.63, 3.8) is 0 Å². The minimum atomic E-state index is -3.11. The van der Waals surface area contributed by atoms with Crippen molar-refractivity contribution in [1.82, 2.24) is 4.72 Å². The van der Waals surface area contributed by atoms with E-state index in [-0.39, 0.29) is 11.7 Å². The van der Waals surface area contributed by atoms with Crippen LogP contribution < -0.4 is 4.72 Å². The highest BCUT2D eigenvalue weighted by atomic mass is 32.2. The highest BCUT2D eigenvalue weighted by molar-refractivity contribution is 7.89. The number of carbonyl (C=O) groups is 1. The Morgan fingerprint density at radius 3 is 2.23 bits per heavy atom. The zero-order chi connectivity index (χ0) is 16.7. The summed E-state index contributed by atoms with van der Waals surface area (Å²) < 4.78 is 31.0. The summed E-state index contributed by atoms with van der Waals surface area (Å²) in [5.41, 5.74) is 0. The van der Waals surface area contributed by atoms with Gasteiger partial charge in [0.25, 0.3) is 0 Å². The molecular formula is C16H33NO4S. The summed E-state index contributed by atoms with van der Waals surface area (Å²) in [6.07, 6.45) is 9.08. The van der Waals surface area contributed by atoms with E-state index in [2.05, 4.69) is 11.6 Å². The van der Waals surface area contributed by atoms with Gasteiger partial charge in [0.15, 0.2) is 0 Å². The fraction of sp³-hybridized carbons (Fsp3) is 0.938. The van der Waals surface area contributed by atoms with E-state index < -0.39 is 10.0 Å². The van der Waals surface area contributed by atoms with Crippen LogP contribution >= 0.6 is 0 Å². The van der Waals surface area contributed by atoms with Crippen molar-refractivity contribution >= 4 is 16.0 Å². The Kier molecular flexibility index (Phi) is 13.6. The Labute approximate surface area is 136 Å². The minimum Gasteiger partial charge on any atom is -0.466 e. The third-order valence-electron chi connectivity index (χ3n) is 3.45. The molecule has 0 saturated carbocycles. The Balaban J connectivity index is 3.47. The van der Waals surface area contributed by atoms with E-state index in [1.807, 2.05) is 0 Å². The molecule has 6 heteroatoms. The molecule has 132 valence electrons. The summed E-state index contributed by atoms with van der Waals surface area (Å²) >= 11 is 0. The number of esters is 1. The lowest BCUT2D eigenvalue weighted by molar-refractivity contribution is -0.143. The molecule has 0 aliphatic rings. The number of nitrogens with one attached hydrogen (secondary N) is 1. The van der Waals surface area contributed by atoms with Gasteiger partial charge in [-0.2, -0.15) is 0 Å². The van der Waals surface area contributed by atoms with Crippen LogP contribution in [0, 0.1) is 0 Å². The lowest BCUT2D eigenvalue weighted by atomic mass is 10.1. The van der Waals surface area contributed by atoms with Crippen LogP contribution in [0.2, 0.25) is 0 Å². The van der Waals surface area contributed by atoms with Gasteiger partial charge in [0.05, 0.1) is 12.4 Å². The predicted molar refractivity (Wildman–Crippen MR) is 90.3 cm³/mol. The van der Waals surface area contributed by atoms with Crippen LogP contribution in [0.4, 0.5) is 0 Å². The third kappa shape index (κ3) is 14.3. The quantitative estimate of drug-likeness (QED) is 0.368. The van der Waals surface area contributed by atoms with Gasteiger partial charge >= 0.3 is 5.97 Å². The molecule has 0 saturated heterocycles. The first-order chi connectivity index (χ1) is 10.5. The van der Waals surface area contributed by atoms with E-state index in [9.17, 15) is 13.2 Å². The summed E-state index contributed by atoms with van der Waals surface area (Å²) in [6.45, 7) is 4.93. The first-order valence-electron chi connectivity index (χ1n) is 8.64. The summed E-state index contributed by atoms with van der Waals surface area (Å²) in [5.74, 6) is 0.0657. The van der Waals surface area contributed by atoms with E-state index in [4.69, 9.17) is 4.74 Å². The predicted octanol–water partition coefficient (Wildman–Crippen LogP) is 3.39. The Hall–Kier alpha value is -0.620. The number of hydrogen-bond donors (Lipinski definition) is 1. The summed E-state index contributed by atoms with van der Waals surface area (Å²) in [4.78, 5) is 11.1. The number of ether oxygens (including phenoxy) is 1. The molecule has 0 bridgehead atoms. The normalized spacial score (nSPS) is 11.5. The molecule has 0 amide bonds. The van der Waals surface area contributed by atoms with Crippen molar-refractivity contribution in [3.8, 4) is 0 Å². The number of unbranched alkanes of at least 4 members (excludes halogenated alkanes) is 7. The topological polar surface area (TPSA) is 72.5 Å².